The fourth-order valence-corrected chi connectivity index (χ4v) is 2.45. The summed E-state index contributed by atoms with van der Waals surface area (Å²) in [4.78, 5) is 13.2. The van der Waals surface area contributed by atoms with Crippen LogP contribution in [0.3, 0.4) is 0 Å². The van der Waals surface area contributed by atoms with Crippen molar-refractivity contribution in [1.82, 2.24) is 0 Å². The van der Waals surface area contributed by atoms with Crippen molar-refractivity contribution in [3.8, 4) is 0 Å². The third-order valence-electron chi connectivity index (χ3n) is 2.27. The second kappa shape index (κ2) is 3.03. The van der Waals surface area contributed by atoms with Crippen LogP contribution in [0, 0.1) is 0 Å². The molecule has 1 aliphatic rings. The Labute approximate surface area is 81.4 Å². The molecule has 13 heavy (non-hydrogen) atoms. The Hall–Kier alpha value is -1.03. The van der Waals surface area contributed by atoms with Crippen molar-refractivity contribution in [3.63, 3.8) is 0 Å². The summed E-state index contributed by atoms with van der Waals surface area (Å²) in [5, 5.41) is 7.35. The van der Waals surface area contributed by atoms with Gasteiger partial charge in [0.05, 0.1) is 17.4 Å². The highest BCUT2D eigenvalue weighted by molar-refractivity contribution is 7.09. The average molecular weight is 196 g/mol. The Morgan fingerprint density at radius 1 is 1.69 bits per heavy atom. The van der Waals surface area contributed by atoms with Gasteiger partial charge in [-0.2, -0.15) is 0 Å². The molecule has 0 fully saturated rings. The lowest BCUT2D eigenvalue weighted by atomic mass is 10.2. The van der Waals surface area contributed by atoms with E-state index in [1.54, 1.807) is 18.3 Å². The van der Waals surface area contributed by atoms with Gasteiger partial charge in [0.2, 0.25) is 5.91 Å². The molecule has 1 atom stereocenters. The van der Waals surface area contributed by atoms with Gasteiger partial charge in [-0.3, -0.25) is 4.79 Å². The highest BCUT2D eigenvalue weighted by Crippen LogP contribution is 2.34. The zero-order chi connectivity index (χ0) is 9.42. The molecule has 3 nitrogen and oxygen atoms in total. The van der Waals surface area contributed by atoms with E-state index in [-0.39, 0.29) is 11.9 Å². The topological polar surface area (TPSA) is 32.3 Å². The van der Waals surface area contributed by atoms with Gasteiger partial charge in [-0.25, -0.2) is 0 Å². The van der Waals surface area contributed by atoms with E-state index in [4.69, 9.17) is 0 Å². The molecule has 1 aromatic rings. The van der Waals surface area contributed by atoms with Crippen molar-refractivity contribution < 1.29 is 4.79 Å². The van der Waals surface area contributed by atoms with Crippen LogP contribution < -0.4 is 10.2 Å². The number of anilines is 2. The van der Waals surface area contributed by atoms with Crippen LogP contribution in [0.4, 0.5) is 11.4 Å². The monoisotopic (exact) mass is 196 g/mol. The maximum atomic E-state index is 11.4. The van der Waals surface area contributed by atoms with Gasteiger partial charge in [0.25, 0.3) is 0 Å². The fraction of sp³-hybridized carbons (Fsp3) is 0.444. The van der Waals surface area contributed by atoms with Gasteiger partial charge >= 0.3 is 0 Å². The number of carbonyl (C=O) groups excluding carboxylic acids is 1. The second-order valence-corrected chi connectivity index (χ2v) is 4.03. The summed E-state index contributed by atoms with van der Waals surface area (Å²) in [5.74, 6) is 0.119. The van der Waals surface area contributed by atoms with Gasteiger partial charge in [-0.05, 0) is 6.92 Å². The summed E-state index contributed by atoms with van der Waals surface area (Å²) < 4.78 is 0. The molecule has 2 rings (SSSR count). The van der Waals surface area contributed by atoms with Gasteiger partial charge in [-0.1, -0.05) is 0 Å². The minimum Gasteiger partial charge on any atom is -0.381 e. The highest BCUT2D eigenvalue weighted by atomic mass is 32.1. The van der Waals surface area contributed by atoms with Gasteiger partial charge < -0.3 is 10.2 Å². The lowest BCUT2D eigenvalue weighted by Gasteiger charge is -2.33. The van der Waals surface area contributed by atoms with Crippen LogP contribution in [0.5, 0.6) is 0 Å². The molecule has 0 saturated carbocycles. The van der Waals surface area contributed by atoms with Crippen LogP contribution >= 0.6 is 11.3 Å². The molecule has 1 N–H and O–H groups in total. The quantitative estimate of drug-likeness (QED) is 0.687. The van der Waals surface area contributed by atoms with Crippen LogP contribution in [-0.4, -0.2) is 18.5 Å². The number of nitrogens with one attached hydrogen (secondary N) is 1. The predicted octanol–water partition coefficient (Wildman–Crippen LogP) is 1.91. The van der Waals surface area contributed by atoms with Crippen LogP contribution in [0.15, 0.2) is 10.8 Å². The molecule has 70 valence electrons. The first-order valence-corrected chi connectivity index (χ1v) is 5.24. The van der Waals surface area contributed by atoms with E-state index in [0.717, 1.165) is 17.9 Å². The molecule has 0 aromatic carbocycles. The third-order valence-corrected chi connectivity index (χ3v) is 3.00. The molecule has 0 aliphatic carbocycles. The molecule has 0 unspecified atom stereocenters. The summed E-state index contributed by atoms with van der Waals surface area (Å²) in [6.07, 6.45) is 0. The zero-order valence-electron chi connectivity index (χ0n) is 7.70. The highest BCUT2D eigenvalue weighted by Gasteiger charge is 2.25. The molecular weight excluding hydrogens is 184 g/mol. The Morgan fingerprint density at radius 3 is 3.15 bits per heavy atom. The number of rotatable bonds is 0. The smallest absolute Gasteiger partial charge is 0.224 e. The SMILES string of the molecule is CC(=O)N1c2cscc2NC[C@@H]1C. The predicted molar refractivity (Wildman–Crippen MR) is 55.4 cm³/mol. The average Bonchev–Trinajstić information content (AvgIpc) is 2.50. The standard InChI is InChI=1S/C9H12N2OS/c1-6-3-10-8-4-13-5-9(8)11(6)7(2)12/h4-6,10H,3H2,1-2H3/t6-/m0/s1. The Morgan fingerprint density at radius 2 is 2.46 bits per heavy atom. The molecule has 0 bridgehead atoms. The lowest BCUT2D eigenvalue weighted by molar-refractivity contribution is -0.116. The van der Waals surface area contributed by atoms with Crippen LogP contribution in [0.25, 0.3) is 0 Å². The van der Waals surface area contributed by atoms with Crippen molar-refractivity contribution >= 4 is 28.6 Å². The third kappa shape index (κ3) is 1.31. The van der Waals surface area contributed by atoms with Crippen molar-refractivity contribution in [1.29, 1.82) is 0 Å². The Balaban J connectivity index is 2.41. The first-order chi connectivity index (χ1) is 6.20. The summed E-state index contributed by atoms with van der Waals surface area (Å²) in [6.45, 7) is 4.50. The molecule has 1 aromatic heterocycles. The Kier molecular flexibility index (Phi) is 2.00. The summed E-state index contributed by atoms with van der Waals surface area (Å²) in [5.41, 5.74) is 2.11. The second-order valence-electron chi connectivity index (χ2n) is 3.29. The normalized spacial score (nSPS) is 20.8. The summed E-state index contributed by atoms with van der Waals surface area (Å²) >= 11 is 1.62. The number of hydrogen-bond donors (Lipinski definition) is 1. The minimum atomic E-state index is 0.119. The first-order valence-electron chi connectivity index (χ1n) is 4.30. The van der Waals surface area contributed by atoms with Crippen LogP contribution in [-0.2, 0) is 4.79 Å². The van der Waals surface area contributed by atoms with Gasteiger partial charge in [0.1, 0.15) is 0 Å². The molecule has 1 aliphatic heterocycles. The molecule has 0 spiro atoms. The van der Waals surface area contributed by atoms with Gasteiger partial charge in [0, 0.05) is 24.2 Å². The first kappa shape index (κ1) is 8.56. The number of carbonyl (C=O) groups is 1. The largest absolute Gasteiger partial charge is 0.381 e. The maximum absolute atomic E-state index is 11.4. The number of hydrogen-bond acceptors (Lipinski definition) is 3. The van der Waals surface area contributed by atoms with Crippen molar-refractivity contribution in [3.05, 3.63) is 10.8 Å². The molecule has 1 amide bonds. The number of amides is 1. The van der Waals surface area contributed by atoms with E-state index in [1.165, 1.54) is 0 Å². The molecule has 0 saturated heterocycles. The zero-order valence-corrected chi connectivity index (χ0v) is 8.52. The maximum Gasteiger partial charge on any atom is 0.224 e. The lowest BCUT2D eigenvalue weighted by Crippen LogP contribution is -2.44. The van der Waals surface area contributed by atoms with Crippen LogP contribution in [0.1, 0.15) is 13.8 Å². The summed E-state index contributed by atoms with van der Waals surface area (Å²) in [7, 11) is 0. The van der Waals surface area contributed by atoms with Crippen molar-refractivity contribution in [2.75, 3.05) is 16.8 Å². The number of thiophene rings is 1. The van der Waals surface area contributed by atoms with E-state index >= 15 is 0 Å². The van der Waals surface area contributed by atoms with Crippen molar-refractivity contribution in [2.45, 2.75) is 19.9 Å². The fourth-order valence-electron chi connectivity index (χ4n) is 1.68. The van der Waals surface area contributed by atoms with E-state index in [1.807, 2.05) is 15.7 Å². The van der Waals surface area contributed by atoms with Crippen molar-refractivity contribution in [2.24, 2.45) is 0 Å². The van der Waals surface area contributed by atoms with E-state index in [0.29, 0.717) is 0 Å². The molecule has 0 radical (unpaired) electrons. The summed E-state index contributed by atoms with van der Waals surface area (Å²) in [6, 6.07) is 0.250. The Bertz CT molecular complexity index is 334. The van der Waals surface area contributed by atoms with Crippen LogP contribution in [0.2, 0.25) is 0 Å². The van der Waals surface area contributed by atoms with E-state index in [2.05, 4.69) is 12.2 Å². The molecular formula is C9H12N2OS. The van der Waals surface area contributed by atoms with Gasteiger partial charge in [-0.15, -0.1) is 11.3 Å². The van der Waals surface area contributed by atoms with E-state index < -0.39 is 0 Å². The van der Waals surface area contributed by atoms with Gasteiger partial charge in [0.15, 0.2) is 0 Å². The molecule has 2 heterocycles. The molecule has 4 heteroatoms. The van der Waals surface area contributed by atoms with E-state index in [9.17, 15) is 4.79 Å². The minimum absolute atomic E-state index is 0.119. The number of fused-ring (bicyclic) bond motifs is 1. The number of nitrogens with zero attached hydrogens (tertiary/aromatic N) is 1.